The third kappa shape index (κ3) is 3.72. The van der Waals surface area contributed by atoms with Crippen LogP contribution in [-0.2, 0) is 11.3 Å². The molecule has 1 aliphatic carbocycles. The van der Waals surface area contributed by atoms with Crippen LogP contribution >= 0.6 is 0 Å². The van der Waals surface area contributed by atoms with Gasteiger partial charge >= 0.3 is 0 Å². The molecule has 0 N–H and O–H groups in total. The van der Waals surface area contributed by atoms with E-state index in [1.165, 1.54) is 12.8 Å². The molecule has 0 radical (unpaired) electrons. The lowest BCUT2D eigenvalue weighted by Gasteiger charge is -2.18. The molecule has 2 heterocycles. The highest BCUT2D eigenvalue weighted by Gasteiger charge is 2.30. The number of likely N-dealkylation sites (tertiary alicyclic amines) is 1. The van der Waals surface area contributed by atoms with Gasteiger partial charge in [-0.15, -0.1) is 5.10 Å². The molecule has 1 atom stereocenters. The number of para-hydroxylation sites is 1. The van der Waals surface area contributed by atoms with E-state index in [4.69, 9.17) is 9.47 Å². The second-order valence-corrected chi connectivity index (χ2v) is 7.04. The number of methoxy groups -OCH3 is 1. The monoisotopic (exact) mass is 356 g/mol. The Morgan fingerprint density at radius 1 is 1.27 bits per heavy atom. The van der Waals surface area contributed by atoms with Crippen molar-refractivity contribution in [1.29, 1.82) is 0 Å². The third-order valence-electron chi connectivity index (χ3n) is 5.02. The highest BCUT2D eigenvalue weighted by atomic mass is 16.5. The van der Waals surface area contributed by atoms with E-state index in [9.17, 15) is 4.79 Å². The maximum absolute atomic E-state index is 12.8. The van der Waals surface area contributed by atoms with Crippen LogP contribution in [0, 0.1) is 5.92 Å². The first kappa shape index (κ1) is 17.0. The van der Waals surface area contributed by atoms with E-state index in [1.807, 2.05) is 34.0 Å². The predicted molar refractivity (Wildman–Crippen MR) is 95.0 cm³/mol. The van der Waals surface area contributed by atoms with Crippen LogP contribution in [0.4, 0.5) is 0 Å². The molecule has 7 nitrogen and oxygen atoms in total. The maximum Gasteiger partial charge on any atom is 0.257 e. The van der Waals surface area contributed by atoms with Gasteiger partial charge in [-0.25, -0.2) is 4.68 Å². The average Bonchev–Trinajstić information content (AvgIpc) is 3.17. The summed E-state index contributed by atoms with van der Waals surface area (Å²) in [4.78, 5) is 14.7. The molecule has 1 aliphatic heterocycles. The number of carbonyl (C=O) groups is 1. The fraction of sp³-hybridized carbons (Fsp3) is 0.526. The molecular formula is C19H24N4O3. The molecule has 1 unspecified atom stereocenters. The van der Waals surface area contributed by atoms with Crippen molar-refractivity contribution in [3.8, 4) is 5.75 Å². The minimum Gasteiger partial charge on any atom is -0.496 e. The molecule has 1 aromatic heterocycles. The zero-order valence-corrected chi connectivity index (χ0v) is 15.0. The minimum absolute atomic E-state index is 0.00180. The van der Waals surface area contributed by atoms with E-state index >= 15 is 0 Å². The quantitative estimate of drug-likeness (QED) is 0.761. The highest BCUT2D eigenvalue weighted by molar-refractivity contribution is 5.97. The molecule has 1 saturated heterocycles. The van der Waals surface area contributed by atoms with Gasteiger partial charge in [-0.05, 0) is 37.3 Å². The number of hydrogen-bond acceptors (Lipinski definition) is 5. The van der Waals surface area contributed by atoms with Crippen LogP contribution in [0.15, 0.2) is 30.5 Å². The summed E-state index contributed by atoms with van der Waals surface area (Å²) in [7, 11) is 1.58. The predicted octanol–water partition coefficient (Wildman–Crippen LogP) is 2.30. The first-order valence-electron chi connectivity index (χ1n) is 9.15. The number of nitrogens with zero attached hydrogens (tertiary/aromatic N) is 4. The molecular weight excluding hydrogens is 332 g/mol. The molecule has 7 heteroatoms. The van der Waals surface area contributed by atoms with E-state index < -0.39 is 0 Å². The second kappa shape index (κ2) is 7.45. The normalized spacial score (nSPS) is 19.7. The van der Waals surface area contributed by atoms with Crippen molar-refractivity contribution >= 4 is 5.91 Å². The molecule has 0 spiro atoms. The first-order chi connectivity index (χ1) is 12.7. The van der Waals surface area contributed by atoms with Crippen molar-refractivity contribution in [2.75, 3.05) is 26.8 Å². The topological polar surface area (TPSA) is 69.5 Å². The SMILES string of the molecule is COc1ccccc1C(=O)N1CCC(n2cc(COCC3CC3)nn2)C1. The fourth-order valence-corrected chi connectivity index (χ4v) is 3.31. The van der Waals surface area contributed by atoms with Crippen molar-refractivity contribution in [1.82, 2.24) is 19.9 Å². The first-order valence-corrected chi connectivity index (χ1v) is 9.15. The van der Waals surface area contributed by atoms with Gasteiger partial charge in [0.25, 0.3) is 5.91 Å². The lowest BCUT2D eigenvalue weighted by molar-refractivity contribution is 0.0783. The summed E-state index contributed by atoms with van der Waals surface area (Å²) >= 11 is 0. The van der Waals surface area contributed by atoms with Gasteiger partial charge in [-0.3, -0.25) is 4.79 Å². The molecule has 1 amide bonds. The van der Waals surface area contributed by atoms with E-state index in [2.05, 4.69) is 10.3 Å². The van der Waals surface area contributed by atoms with Crippen molar-refractivity contribution in [3.63, 3.8) is 0 Å². The van der Waals surface area contributed by atoms with E-state index in [0.29, 0.717) is 31.0 Å². The number of carbonyl (C=O) groups excluding carboxylic acids is 1. The fourth-order valence-electron chi connectivity index (χ4n) is 3.31. The van der Waals surface area contributed by atoms with Crippen LogP contribution in [0.5, 0.6) is 5.75 Å². The van der Waals surface area contributed by atoms with Crippen LogP contribution in [-0.4, -0.2) is 52.6 Å². The Hall–Kier alpha value is -2.41. The van der Waals surface area contributed by atoms with Gasteiger partial charge in [0.05, 0.1) is 31.5 Å². The summed E-state index contributed by atoms with van der Waals surface area (Å²) in [5.74, 6) is 1.35. The van der Waals surface area contributed by atoms with Gasteiger partial charge in [-0.2, -0.15) is 0 Å². The third-order valence-corrected chi connectivity index (χ3v) is 5.02. The highest BCUT2D eigenvalue weighted by Crippen LogP contribution is 2.29. The number of aromatic nitrogens is 3. The number of benzene rings is 1. The zero-order chi connectivity index (χ0) is 17.9. The van der Waals surface area contributed by atoms with E-state index in [-0.39, 0.29) is 11.9 Å². The number of ether oxygens (including phenoxy) is 2. The van der Waals surface area contributed by atoms with Crippen LogP contribution in [0.25, 0.3) is 0 Å². The lowest BCUT2D eigenvalue weighted by Crippen LogP contribution is -2.29. The van der Waals surface area contributed by atoms with E-state index in [1.54, 1.807) is 13.2 Å². The average molecular weight is 356 g/mol. The molecule has 138 valence electrons. The van der Waals surface area contributed by atoms with Crippen LogP contribution in [0.2, 0.25) is 0 Å². The van der Waals surface area contributed by atoms with Gasteiger partial charge < -0.3 is 14.4 Å². The Morgan fingerprint density at radius 3 is 2.92 bits per heavy atom. The molecule has 4 rings (SSSR count). The van der Waals surface area contributed by atoms with Crippen LogP contribution in [0.1, 0.15) is 41.4 Å². The second-order valence-electron chi connectivity index (χ2n) is 7.04. The number of amides is 1. The van der Waals surface area contributed by atoms with Crippen molar-refractivity contribution in [2.24, 2.45) is 5.92 Å². The van der Waals surface area contributed by atoms with Crippen molar-refractivity contribution in [3.05, 3.63) is 41.7 Å². The molecule has 2 aromatic rings. The number of rotatable bonds is 7. The molecule has 2 aliphatic rings. The standard InChI is InChI=1S/C19H24N4O3/c1-25-18-5-3-2-4-17(18)19(24)22-9-8-16(11-22)23-10-15(20-21-23)13-26-12-14-6-7-14/h2-5,10,14,16H,6-9,11-13H2,1H3. The molecule has 26 heavy (non-hydrogen) atoms. The smallest absolute Gasteiger partial charge is 0.257 e. The summed E-state index contributed by atoms with van der Waals surface area (Å²) < 4.78 is 12.8. The lowest BCUT2D eigenvalue weighted by atomic mass is 10.2. The Morgan fingerprint density at radius 2 is 2.12 bits per heavy atom. The van der Waals surface area contributed by atoms with Gasteiger partial charge in [0, 0.05) is 19.7 Å². The van der Waals surface area contributed by atoms with Crippen molar-refractivity contribution < 1.29 is 14.3 Å². The summed E-state index contributed by atoms with van der Waals surface area (Å²) in [5.41, 5.74) is 1.45. The van der Waals surface area contributed by atoms with Gasteiger partial charge in [0.1, 0.15) is 11.4 Å². The summed E-state index contributed by atoms with van der Waals surface area (Å²) in [6.45, 7) is 2.65. The zero-order valence-electron chi connectivity index (χ0n) is 15.0. The Balaban J connectivity index is 1.35. The van der Waals surface area contributed by atoms with E-state index in [0.717, 1.165) is 24.6 Å². The van der Waals surface area contributed by atoms with Gasteiger partial charge in [-0.1, -0.05) is 17.3 Å². The van der Waals surface area contributed by atoms with Crippen LogP contribution < -0.4 is 4.74 Å². The summed E-state index contributed by atoms with van der Waals surface area (Å²) in [6.07, 6.45) is 5.37. The molecule has 1 aromatic carbocycles. The Kier molecular flexibility index (Phi) is 4.88. The molecule has 0 bridgehead atoms. The molecule has 2 fully saturated rings. The maximum atomic E-state index is 12.8. The minimum atomic E-state index is -0.00180. The Bertz CT molecular complexity index is 772. The van der Waals surface area contributed by atoms with Crippen molar-refractivity contribution in [2.45, 2.75) is 31.9 Å². The van der Waals surface area contributed by atoms with Gasteiger partial charge in [0.15, 0.2) is 0 Å². The Labute approximate surface area is 152 Å². The molecule has 1 saturated carbocycles. The largest absolute Gasteiger partial charge is 0.496 e. The number of hydrogen-bond donors (Lipinski definition) is 0. The summed E-state index contributed by atoms with van der Waals surface area (Å²) in [6, 6.07) is 7.49. The van der Waals surface area contributed by atoms with Crippen LogP contribution in [0.3, 0.4) is 0 Å². The summed E-state index contributed by atoms with van der Waals surface area (Å²) in [5, 5.41) is 8.43. The van der Waals surface area contributed by atoms with Gasteiger partial charge in [0.2, 0.25) is 0 Å².